The minimum absolute atomic E-state index is 0.00548. The number of para-hydroxylation sites is 1. The number of aromatic nitrogens is 4. The Hall–Kier alpha value is -4.10. The minimum atomic E-state index is -4.87. The number of aliphatic carboxylic acids is 1. The number of fused-ring (bicyclic) bond motifs is 4. The Kier molecular flexibility index (Phi) is 6.62. The number of carbonyl (C=O) groups is 1. The first-order chi connectivity index (χ1) is 20.6. The standard InChI is InChI=1S/C29H25ClF3N5O5/c1-14-13-41-9-8-19(14)38-20-7-6-15(30)10-18(20)34-28(38)42-16-11-21(26(39)40)37(12-16)25-24-23(35-27(36-25)29(31,32)33)17-4-2-3-5-22(17)43-24/h2-7,10,14,16,19,21H,8-9,11-13H2,1H3,(H,39,40)/t14-,16-,19-,21-/m0/s1. The Bertz CT molecular complexity index is 1870. The van der Waals surface area contributed by atoms with E-state index in [1.165, 1.54) is 4.90 Å². The lowest BCUT2D eigenvalue weighted by molar-refractivity contribution is -0.144. The van der Waals surface area contributed by atoms with E-state index in [0.29, 0.717) is 41.1 Å². The Balaban J connectivity index is 1.30. The summed E-state index contributed by atoms with van der Waals surface area (Å²) in [7, 11) is 0. The van der Waals surface area contributed by atoms with E-state index in [-0.39, 0.29) is 47.9 Å². The maximum atomic E-state index is 13.9. The van der Waals surface area contributed by atoms with Crippen LogP contribution in [0.25, 0.3) is 33.1 Å². The molecule has 10 nitrogen and oxygen atoms in total. The molecule has 4 atom stereocenters. The quantitative estimate of drug-likeness (QED) is 0.250. The SMILES string of the molecule is C[C@H]1COCC[C@@H]1n1c(O[C@H]2C[C@@H](C(=O)O)N(c3nc(C(F)(F)F)nc4c3oc3ccccc34)C2)nc2cc(Cl)ccc21. The van der Waals surface area contributed by atoms with Crippen molar-refractivity contribution in [2.45, 2.75) is 44.1 Å². The number of carboxylic acids is 1. The van der Waals surface area contributed by atoms with E-state index >= 15 is 0 Å². The number of furan rings is 1. The molecular weight excluding hydrogens is 591 g/mol. The van der Waals surface area contributed by atoms with E-state index < -0.39 is 30.1 Å². The van der Waals surface area contributed by atoms with Crippen molar-refractivity contribution in [3.8, 4) is 6.01 Å². The zero-order valence-corrected chi connectivity index (χ0v) is 23.5. The highest BCUT2D eigenvalue weighted by atomic mass is 35.5. The van der Waals surface area contributed by atoms with Crippen molar-refractivity contribution in [3.05, 3.63) is 53.3 Å². The molecule has 0 amide bonds. The molecule has 2 aromatic carbocycles. The summed E-state index contributed by atoms with van der Waals surface area (Å²) in [6.07, 6.45) is -4.94. The fraction of sp³-hybridized carbons (Fsp3) is 0.379. The van der Waals surface area contributed by atoms with Crippen LogP contribution >= 0.6 is 11.6 Å². The van der Waals surface area contributed by atoms with E-state index in [1.807, 2.05) is 10.6 Å². The van der Waals surface area contributed by atoms with Crippen LogP contribution in [0.3, 0.4) is 0 Å². The van der Waals surface area contributed by atoms with Crippen LogP contribution in [0.2, 0.25) is 5.02 Å². The van der Waals surface area contributed by atoms with Gasteiger partial charge in [-0.25, -0.2) is 14.8 Å². The largest absolute Gasteiger partial charge is 0.480 e. The van der Waals surface area contributed by atoms with E-state index in [4.69, 9.17) is 30.5 Å². The molecule has 2 aliphatic rings. The second-order valence-corrected chi connectivity index (χ2v) is 11.4. The Morgan fingerprint density at radius 2 is 1.98 bits per heavy atom. The molecule has 0 spiro atoms. The van der Waals surface area contributed by atoms with Gasteiger partial charge in [-0.15, -0.1) is 0 Å². The molecule has 0 radical (unpaired) electrons. The molecule has 2 saturated heterocycles. The number of alkyl halides is 3. The lowest BCUT2D eigenvalue weighted by Gasteiger charge is -2.31. The topological polar surface area (TPSA) is 116 Å². The molecule has 0 aliphatic carbocycles. The van der Waals surface area contributed by atoms with Gasteiger partial charge >= 0.3 is 12.1 Å². The molecule has 5 heterocycles. The summed E-state index contributed by atoms with van der Waals surface area (Å²) in [4.78, 5) is 26.0. The average Bonchev–Trinajstić information content (AvgIpc) is 3.65. The van der Waals surface area contributed by atoms with Gasteiger partial charge in [0.15, 0.2) is 11.4 Å². The van der Waals surface area contributed by atoms with Gasteiger partial charge in [0, 0.05) is 35.4 Å². The Morgan fingerprint density at radius 3 is 2.74 bits per heavy atom. The molecule has 224 valence electrons. The number of hydrogen-bond donors (Lipinski definition) is 1. The number of nitrogens with zero attached hydrogens (tertiary/aromatic N) is 5. The van der Waals surface area contributed by atoms with E-state index in [9.17, 15) is 23.1 Å². The maximum Gasteiger partial charge on any atom is 0.451 e. The van der Waals surface area contributed by atoms with E-state index in [2.05, 4.69) is 16.9 Å². The third-order valence-corrected chi connectivity index (χ3v) is 8.33. The van der Waals surface area contributed by atoms with Crippen molar-refractivity contribution in [1.29, 1.82) is 0 Å². The van der Waals surface area contributed by atoms with Gasteiger partial charge in [-0.3, -0.25) is 4.57 Å². The van der Waals surface area contributed by atoms with E-state index in [1.54, 1.807) is 36.4 Å². The van der Waals surface area contributed by atoms with Crippen LogP contribution in [0.5, 0.6) is 6.01 Å². The molecule has 43 heavy (non-hydrogen) atoms. The molecule has 0 unspecified atom stereocenters. The van der Waals surface area contributed by atoms with Gasteiger partial charge < -0.3 is 23.9 Å². The van der Waals surface area contributed by atoms with Crippen molar-refractivity contribution in [2.75, 3.05) is 24.7 Å². The zero-order valence-electron chi connectivity index (χ0n) is 22.7. The monoisotopic (exact) mass is 615 g/mol. The molecule has 0 saturated carbocycles. The number of imidazole rings is 1. The lowest BCUT2D eigenvalue weighted by Crippen LogP contribution is -2.37. The fourth-order valence-corrected chi connectivity index (χ4v) is 6.27. The van der Waals surface area contributed by atoms with Gasteiger partial charge in [-0.2, -0.15) is 18.2 Å². The Morgan fingerprint density at radius 1 is 1.16 bits per heavy atom. The van der Waals surface area contributed by atoms with Crippen molar-refractivity contribution < 1.29 is 37.0 Å². The highest BCUT2D eigenvalue weighted by molar-refractivity contribution is 6.31. The maximum absolute atomic E-state index is 13.9. The first kappa shape index (κ1) is 27.7. The lowest BCUT2D eigenvalue weighted by atomic mass is 9.97. The predicted octanol–water partition coefficient (Wildman–Crippen LogP) is 6.11. The average molecular weight is 616 g/mol. The molecule has 2 fully saturated rings. The summed E-state index contributed by atoms with van der Waals surface area (Å²) in [5.74, 6) is -2.74. The number of halogens is 4. The van der Waals surface area contributed by atoms with Crippen LogP contribution in [-0.4, -0.2) is 62.5 Å². The van der Waals surface area contributed by atoms with Gasteiger partial charge in [-0.1, -0.05) is 30.7 Å². The Labute approximate surface area is 247 Å². The molecule has 1 N–H and O–H groups in total. The number of carboxylic acid groups (broad SMARTS) is 1. The molecule has 5 aromatic rings. The summed E-state index contributed by atoms with van der Waals surface area (Å²) in [6, 6.07) is 10.9. The number of ether oxygens (including phenoxy) is 2. The van der Waals surface area contributed by atoms with Crippen molar-refractivity contribution in [1.82, 2.24) is 19.5 Å². The second kappa shape index (κ2) is 10.3. The van der Waals surface area contributed by atoms with Gasteiger partial charge in [-0.05, 0) is 36.8 Å². The van der Waals surface area contributed by atoms with Crippen LogP contribution in [0, 0.1) is 5.92 Å². The van der Waals surface area contributed by atoms with Crippen molar-refractivity contribution >= 4 is 56.5 Å². The summed E-state index contributed by atoms with van der Waals surface area (Å²) in [6.45, 7) is 3.10. The molecule has 14 heteroatoms. The first-order valence-electron chi connectivity index (χ1n) is 13.8. The van der Waals surface area contributed by atoms with Crippen LogP contribution in [-0.2, 0) is 15.7 Å². The number of rotatable bonds is 5. The minimum Gasteiger partial charge on any atom is -0.480 e. The summed E-state index contributed by atoms with van der Waals surface area (Å²) >= 11 is 6.24. The van der Waals surface area contributed by atoms with Crippen LogP contribution in [0.15, 0.2) is 46.9 Å². The zero-order chi connectivity index (χ0) is 30.0. The highest BCUT2D eigenvalue weighted by Gasteiger charge is 2.44. The van der Waals surface area contributed by atoms with E-state index in [0.717, 1.165) is 5.52 Å². The molecule has 2 aliphatic heterocycles. The number of hydrogen-bond acceptors (Lipinski definition) is 8. The molecule has 3 aromatic heterocycles. The summed E-state index contributed by atoms with van der Waals surface area (Å²) in [5.41, 5.74) is 1.65. The molecule has 7 rings (SSSR count). The predicted molar refractivity (Wildman–Crippen MR) is 150 cm³/mol. The van der Waals surface area contributed by atoms with Crippen LogP contribution in [0.4, 0.5) is 19.0 Å². The highest BCUT2D eigenvalue weighted by Crippen LogP contribution is 2.40. The number of anilines is 1. The van der Waals surface area contributed by atoms with Crippen LogP contribution in [0.1, 0.15) is 31.6 Å². The number of benzene rings is 2. The van der Waals surface area contributed by atoms with Crippen molar-refractivity contribution in [2.24, 2.45) is 5.92 Å². The molecular formula is C29H25ClF3N5O5. The normalized spacial score (nSPS) is 23.0. The first-order valence-corrected chi connectivity index (χ1v) is 14.1. The van der Waals surface area contributed by atoms with Gasteiger partial charge in [0.25, 0.3) is 6.01 Å². The second-order valence-electron chi connectivity index (χ2n) is 10.9. The van der Waals surface area contributed by atoms with Gasteiger partial charge in [0.2, 0.25) is 5.82 Å². The van der Waals surface area contributed by atoms with Gasteiger partial charge in [0.05, 0.1) is 24.2 Å². The third kappa shape index (κ3) is 4.80. The summed E-state index contributed by atoms with van der Waals surface area (Å²) < 4.78 is 61.8. The third-order valence-electron chi connectivity index (χ3n) is 8.09. The van der Waals surface area contributed by atoms with Crippen LogP contribution < -0.4 is 9.64 Å². The smallest absolute Gasteiger partial charge is 0.451 e. The molecule has 0 bridgehead atoms. The van der Waals surface area contributed by atoms with Gasteiger partial charge in [0.1, 0.15) is 23.2 Å². The summed E-state index contributed by atoms with van der Waals surface area (Å²) in [5, 5.41) is 11.0. The van der Waals surface area contributed by atoms with Crippen molar-refractivity contribution in [3.63, 3.8) is 0 Å². The fourth-order valence-electron chi connectivity index (χ4n) is 6.10.